The number of nitrogens with one attached hydrogen (secondary N) is 1. The number of anilines is 1. The molecule has 88 valence electrons. The Balaban J connectivity index is 2.65. The molecule has 0 heterocycles. The van der Waals surface area contributed by atoms with Crippen LogP contribution < -0.4 is 5.32 Å². The highest BCUT2D eigenvalue weighted by Gasteiger charge is 2.23. The van der Waals surface area contributed by atoms with Crippen molar-refractivity contribution in [1.82, 2.24) is 0 Å². The summed E-state index contributed by atoms with van der Waals surface area (Å²) in [5.74, 6) is -0.393. The summed E-state index contributed by atoms with van der Waals surface area (Å²) in [7, 11) is 0. The average molecular weight is 221 g/mol. The largest absolute Gasteiger partial charge is 0.381 e. The Morgan fingerprint density at radius 2 is 1.88 bits per heavy atom. The lowest BCUT2D eigenvalue weighted by molar-refractivity contribution is -0.130. The summed E-state index contributed by atoms with van der Waals surface area (Å²) in [6.45, 7) is 5.06. The normalized spacial score (nSPS) is 11.2. The van der Waals surface area contributed by atoms with Gasteiger partial charge in [0.05, 0.1) is 0 Å². The van der Waals surface area contributed by atoms with Crippen molar-refractivity contribution in [3.8, 4) is 0 Å². The molecule has 3 heteroatoms. The molecule has 0 radical (unpaired) electrons. The van der Waals surface area contributed by atoms with Crippen LogP contribution >= 0.6 is 0 Å². The van der Waals surface area contributed by atoms with E-state index in [9.17, 15) is 9.90 Å². The third-order valence-electron chi connectivity index (χ3n) is 2.31. The first-order valence-electron chi connectivity index (χ1n) is 5.56. The molecule has 0 fully saturated rings. The van der Waals surface area contributed by atoms with Crippen LogP contribution in [0.1, 0.15) is 32.8 Å². The van der Waals surface area contributed by atoms with Crippen molar-refractivity contribution in [3.63, 3.8) is 0 Å². The van der Waals surface area contributed by atoms with Crippen LogP contribution in [0.25, 0.3) is 0 Å². The van der Waals surface area contributed by atoms with E-state index in [0.29, 0.717) is 5.69 Å². The summed E-state index contributed by atoms with van der Waals surface area (Å²) in [5, 5.41) is 12.1. The van der Waals surface area contributed by atoms with E-state index in [1.165, 1.54) is 19.4 Å². The van der Waals surface area contributed by atoms with E-state index in [1.807, 2.05) is 24.3 Å². The minimum absolute atomic E-state index is 0.393. The average Bonchev–Trinajstić information content (AvgIpc) is 2.20. The van der Waals surface area contributed by atoms with Gasteiger partial charge in [0.15, 0.2) is 0 Å². The van der Waals surface area contributed by atoms with Gasteiger partial charge >= 0.3 is 0 Å². The number of hydrogen-bond acceptors (Lipinski definition) is 2. The highest BCUT2D eigenvalue weighted by molar-refractivity contribution is 5.96. The van der Waals surface area contributed by atoms with Gasteiger partial charge in [0, 0.05) is 5.69 Å². The molecule has 0 unspecified atom stereocenters. The minimum atomic E-state index is -1.35. The van der Waals surface area contributed by atoms with Crippen LogP contribution in [0.2, 0.25) is 0 Å². The van der Waals surface area contributed by atoms with Crippen molar-refractivity contribution in [2.75, 3.05) is 5.32 Å². The Morgan fingerprint density at radius 1 is 1.31 bits per heavy atom. The summed E-state index contributed by atoms with van der Waals surface area (Å²) in [6, 6.07) is 7.69. The lowest BCUT2D eigenvalue weighted by Crippen LogP contribution is -2.36. The molecule has 3 nitrogen and oxygen atoms in total. The van der Waals surface area contributed by atoms with Gasteiger partial charge in [-0.25, -0.2) is 0 Å². The summed E-state index contributed by atoms with van der Waals surface area (Å²) >= 11 is 0. The van der Waals surface area contributed by atoms with Crippen LogP contribution in [-0.2, 0) is 11.2 Å². The van der Waals surface area contributed by atoms with Crippen molar-refractivity contribution in [2.45, 2.75) is 39.2 Å². The molecule has 1 aromatic rings. The number of rotatable bonds is 4. The lowest BCUT2D eigenvalue weighted by Gasteiger charge is -2.16. The fourth-order valence-corrected chi connectivity index (χ4v) is 1.33. The highest BCUT2D eigenvalue weighted by Crippen LogP contribution is 2.13. The molecule has 0 atom stereocenters. The Morgan fingerprint density at radius 3 is 2.31 bits per heavy atom. The van der Waals surface area contributed by atoms with Crippen LogP contribution in [0.3, 0.4) is 0 Å². The lowest BCUT2D eigenvalue weighted by atomic mass is 10.1. The maximum atomic E-state index is 11.5. The first kappa shape index (κ1) is 12.7. The second kappa shape index (κ2) is 5.12. The molecule has 1 amide bonds. The van der Waals surface area contributed by atoms with Crippen molar-refractivity contribution in [2.24, 2.45) is 0 Å². The van der Waals surface area contributed by atoms with Crippen LogP contribution in [0.4, 0.5) is 5.69 Å². The van der Waals surface area contributed by atoms with Crippen LogP contribution in [-0.4, -0.2) is 16.6 Å². The van der Waals surface area contributed by atoms with E-state index in [-0.39, 0.29) is 0 Å². The Bertz CT molecular complexity index is 349. The number of aliphatic hydroxyl groups is 1. The molecule has 1 aromatic carbocycles. The maximum absolute atomic E-state index is 11.5. The third kappa shape index (κ3) is 3.66. The standard InChI is InChI=1S/C13H19NO2/c1-4-5-10-6-8-11(9-7-10)14-12(15)13(2,3)16/h6-9,16H,4-5H2,1-3H3,(H,14,15). The number of carbonyl (C=O) groups is 1. The SMILES string of the molecule is CCCc1ccc(NC(=O)C(C)(C)O)cc1. The van der Waals surface area contributed by atoms with Gasteiger partial charge in [-0.15, -0.1) is 0 Å². The first-order valence-corrected chi connectivity index (χ1v) is 5.56. The molecular formula is C13H19NO2. The quantitative estimate of drug-likeness (QED) is 0.820. The van der Waals surface area contributed by atoms with Gasteiger partial charge in [0.25, 0.3) is 5.91 Å². The number of benzene rings is 1. The molecule has 2 N–H and O–H groups in total. The molecule has 0 spiro atoms. The first-order chi connectivity index (χ1) is 7.43. The number of aryl methyl sites for hydroxylation is 1. The van der Waals surface area contributed by atoms with Crippen molar-refractivity contribution in [3.05, 3.63) is 29.8 Å². The molecule has 0 aliphatic heterocycles. The smallest absolute Gasteiger partial charge is 0.255 e. The van der Waals surface area contributed by atoms with E-state index < -0.39 is 11.5 Å². The second-order valence-corrected chi connectivity index (χ2v) is 4.46. The van der Waals surface area contributed by atoms with Gasteiger partial charge in [-0.3, -0.25) is 4.79 Å². The van der Waals surface area contributed by atoms with E-state index in [0.717, 1.165) is 12.8 Å². The molecule has 0 aliphatic rings. The van der Waals surface area contributed by atoms with Gasteiger partial charge in [-0.05, 0) is 38.0 Å². The zero-order valence-corrected chi connectivity index (χ0v) is 10.1. The molecule has 0 aliphatic carbocycles. The maximum Gasteiger partial charge on any atom is 0.255 e. The molecule has 16 heavy (non-hydrogen) atoms. The minimum Gasteiger partial charge on any atom is -0.381 e. The van der Waals surface area contributed by atoms with E-state index in [4.69, 9.17) is 0 Å². The fraction of sp³-hybridized carbons (Fsp3) is 0.462. The summed E-state index contributed by atoms with van der Waals surface area (Å²) < 4.78 is 0. The van der Waals surface area contributed by atoms with Crippen molar-refractivity contribution < 1.29 is 9.90 Å². The van der Waals surface area contributed by atoms with Gasteiger partial charge in [0.1, 0.15) is 5.60 Å². The van der Waals surface area contributed by atoms with Gasteiger partial charge in [0.2, 0.25) is 0 Å². The van der Waals surface area contributed by atoms with E-state index in [1.54, 1.807) is 0 Å². The number of amides is 1. The van der Waals surface area contributed by atoms with Gasteiger partial charge < -0.3 is 10.4 Å². The molecule has 0 aromatic heterocycles. The molecule has 0 saturated carbocycles. The molecule has 1 rings (SSSR count). The van der Waals surface area contributed by atoms with Crippen LogP contribution in [0, 0.1) is 0 Å². The van der Waals surface area contributed by atoms with E-state index in [2.05, 4.69) is 12.2 Å². The van der Waals surface area contributed by atoms with Gasteiger partial charge in [-0.2, -0.15) is 0 Å². The van der Waals surface area contributed by atoms with Crippen molar-refractivity contribution in [1.29, 1.82) is 0 Å². The topological polar surface area (TPSA) is 49.3 Å². The van der Waals surface area contributed by atoms with Crippen LogP contribution in [0.15, 0.2) is 24.3 Å². The van der Waals surface area contributed by atoms with Crippen LogP contribution in [0.5, 0.6) is 0 Å². The monoisotopic (exact) mass is 221 g/mol. The Labute approximate surface area is 96.5 Å². The number of hydrogen-bond donors (Lipinski definition) is 2. The predicted molar refractivity (Wildman–Crippen MR) is 65.4 cm³/mol. The fourth-order valence-electron chi connectivity index (χ4n) is 1.33. The zero-order valence-electron chi connectivity index (χ0n) is 10.1. The summed E-state index contributed by atoms with van der Waals surface area (Å²) in [6.07, 6.45) is 2.15. The second-order valence-electron chi connectivity index (χ2n) is 4.46. The molecule has 0 bridgehead atoms. The Kier molecular flexibility index (Phi) is 4.07. The summed E-state index contributed by atoms with van der Waals surface area (Å²) in [4.78, 5) is 11.5. The van der Waals surface area contributed by atoms with Gasteiger partial charge in [-0.1, -0.05) is 25.5 Å². The molecular weight excluding hydrogens is 202 g/mol. The summed E-state index contributed by atoms with van der Waals surface area (Å²) in [5.41, 5.74) is 0.623. The Hall–Kier alpha value is -1.35. The van der Waals surface area contributed by atoms with E-state index >= 15 is 0 Å². The van der Waals surface area contributed by atoms with Crippen molar-refractivity contribution >= 4 is 11.6 Å². The predicted octanol–water partition coefficient (Wildman–Crippen LogP) is 2.35. The highest BCUT2D eigenvalue weighted by atomic mass is 16.3. The third-order valence-corrected chi connectivity index (χ3v) is 2.31. The molecule has 0 saturated heterocycles. The zero-order chi connectivity index (χ0) is 12.2. The number of carbonyl (C=O) groups excluding carboxylic acids is 1.